The van der Waals surface area contributed by atoms with Crippen LogP contribution in [0.3, 0.4) is 0 Å². The maximum atomic E-state index is 14.3. The van der Waals surface area contributed by atoms with Gasteiger partial charge in [-0.25, -0.2) is 13.6 Å². The second-order valence-corrected chi connectivity index (χ2v) is 8.31. The lowest BCUT2D eigenvalue weighted by molar-refractivity contribution is 0.0691. The number of aromatic carboxylic acids is 1. The first-order valence-electron chi connectivity index (χ1n) is 10.0. The van der Waals surface area contributed by atoms with Gasteiger partial charge in [0, 0.05) is 12.0 Å². The summed E-state index contributed by atoms with van der Waals surface area (Å²) in [5.74, 6) is -1.99. The van der Waals surface area contributed by atoms with E-state index in [4.69, 9.17) is 0 Å². The van der Waals surface area contributed by atoms with Crippen molar-refractivity contribution in [3.8, 4) is 0 Å². The summed E-state index contributed by atoms with van der Waals surface area (Å²) >= 11 is 0. The van der Waals surface area contributed by atoms with Crippen molar-refractivity contribution in [3.63, 3.8) is 0 Å². The molecule has 1 saturated carbocycles. The lowest BCUT2D eigenvalue weighted by Crippen LogP contribution is -2.43. The molecule has 1 N–H and O–H groups in total. The first-order chi connectivity index (χ1) is 13.9. The van der Waals surface area contributed by atoms with Gasteiger partial charge in [0.15, 0.2) is 0 Å². The van der Waals surface area contributed by atoms with Gasteiger partial charge in [0.1, 0.15) is 11.6 Å². The van der Waals surface area contributed by atoms with Gasteiger partial charge in [0.05, 0.1) is 12.2 Å². The molecule has 2 aromatic rings. The van der Waals surface area contributed by atoms with Crippen molar-refractivity contribution in [2.24, 2.45) is 0 Å². The zero-order valence-corrected chi connectivity index (χ0v) is 16.1. The van der Waals surface area contributed by atoms with Crippen LogP contribution in [0, 0.1) is 11.6 Å². The minimum atomic E-state index is -1.25. The third kappa shape index (κ3) is 4.04. The Kier molecular flexibility index (Phi) is 5.38. The van der Waals surface area contributed by atoms with Crippen LogP contribution in [-0.4, -0.2) is 35.7 Å². The number of piperidine rings is 1. The summed E-state index contributed by atoms with van der Waals surface area (Å²) in [4.78, 5) is 13.4. The van der Waals surface area contributed by atoms with Gasteiger partial charge in [0.2, 0.25) is 0 Å². The smallest absolute Gasteiger partial charge is 0.338 e. The average Bonchev–Trinajstić information content (AvgIpc) is 3.54. The molecule has 0 unspecified atom stereocenters. The van der Waals surface area contributed by atoms with Crippen molar-refractivity contribution < 1.29 is 23.1 Å². The number of rotatable bonds is 6. The summed E-state index contributed by atoms with van der Waals surface area (Å²) in [7, 11) is 0. The fourth-order valence-electron chi connectivity index (χ4n) is 4.39. The van der Waals surface area contributed by atoms with Gasteiger partial charge in [-0.05, 0) is 85.6 Å². The van der Waals surface area contributed by atoms with E-state index in [1.54, 1.807) is 12.1 Å². The Balaban J connectivity index is 1.50. The van der Waals surface area contributed by atoms with E-state index in [1.165, 1.54) is 24.3 Å². The number of alkyl halides is 1. The first-order valence-corrected chi connectivity index (χ1v) is 10.0. The quantitative estimate of drug-likeness (QED) is 0.734. The molecule has 6 heteroatoms. The molecule has 1 aliphatic carbocycles. The van der Waals surface area contributed by atoms with Crippen LogP contribution in [0.2, 0.25) is 0 Å². The van der Waals surface area contributed by atoms with Crippen molar-refractivity contribution >= 4 is 5.97 Å². The Morgan fingerprint density at radius 1 is 1.10 bits per heavy atom. The van der Waals surface area contributed by atoms with Gasteiger partial charge in [-0.1, -0.05) is 12.1 Å². The zero-order valence-electron chi connectivity index (χ0n) is 16.1. The van der Waals surface area contributed by atoms with Gasteiger partial charge in [0.25, 0.3) is 0 Å². The molecule has 0 amide bonds. The normalized spacial score (nSPS) is 19.3. The maximum absolute atomic E-state index is 14.3. The number of carboxylic acid groups (broad SMARTS) is 1. The predicted molar refractivity (Wildman–Crippen MR) is 104 cm³/mol. The van der Waals surface area contributed by atoms with Crippen LogP contribution in [0.15, 0.2) is 36.4 Å². The molecule has 1 aliphatic heterocycles. The van der Waals surface area contributed by atoms with Crippen LogP contribution >= 0.6 is 0 Å². The second kappa shape index (κ2) is 7.82. The molecule has 29 heavy (non-hydrogen) atoms. The second-order valence-electron chi connectivity index (χ2n) is 8.31. The SMILES string of the molecule is O=C(O)c1cc(C2CC2)c(CN2CCC(CF)(c3ccc(F)cc3)CC2)cc1F. The molecule has 2 aliphatic rings. The van der Waals surface area contributed by atoms with E-state index in [0.29, 0.717) is 38.4 Å². The zero-order chi connectivity index (χ0) is 20.6. The van der Waals surface area contributed by atoms with Crippen LogP contribution in [-0.2, 0) is 12.0 Å². The van der Waals surface area contributed by atoms with Crippen molar-refractivity contribution in [1.82, 2.24) is 4.90 Å². The average molecular weight is 403 g/mol. The summed E-state index contributed by atoms with van der Waals surface area (Å²) in [6.45, 7) is 1.32. The summed E-state index contributed by atoms with van der Waals surface area (Å²) < 4.78 is 41.5. The molecule has 0 spiro atoms. The Morgan fingerprint density at radius 2 is 1.76 bits per heavy atom. The lowest BCUT2D eigenvalue weighted by atomic mass is 9.74. The molecule has 4 rings (SSSR count). The standard InChI is InChI=1S/C23H24F3NO2/c24-14-23(17-3-5-18(25)6-4-17)7-9-27(10-8-23)13-16-11-21(26)20(22(28)29)12-19(16)15-1-2-15/h3-6,11-12,15H,1-2,7-10,13-14H2,(H,28,29). The Labute approximate surface area is 168 Å². The molecule has 1 heterocycles. The molecular formula is C23H24F3NO2. The van der Waals surface area contributed by atoms with Gasteiger partial charge < -0.3 is 5.11 Å². The molecule has 154 valence electrons. The van der Waals surface area contributed by atoms with Crippen LogP contribution in [0.1, 0.15) is 58.6 Å². The topological polar surface area (TPSA) is 40.5 Å². The summed E-state index contributed by atoms with van der Waals surface area (Å²) in [5.41, 5.74) is 1.68. The van der Waals surface area contributed by atoms with E-state index in [0.717, 1.165) is 29.5 Å². The van der Waals surface area contributed by atoms with E-state index in [2.05, 4.69) is 4.90 Å². The molecule has 0 bridgehead atoms. The van der Waals surface area contributed by atoms with E-state index < -0.39 is 23.9 Å². The Bertz CT molecular complexity index is 901. The minimum Gasteiger partial charge on any atom is -0.478 e. The fourth-order valence-corrected chi connectivity index (χ4v) is 4.39. The number of carbonyl (C=O) groups is 1. The van der Waals surface area contributed by atoms with Gasteiger partial charge >= 0.3 is 5.97 Å². The number of benzene rings is 2. The number of halogens is 3. The van der Waals surface area contributed by atoms with E-state index in [9.17, 15) is 23.1 Å². The predicted octanol–water partition coefficient (Wildman–Crippen LogP) is 5.04. The first kappa shape index (κ1) is 20.0. The van der Waals surface area contributed by atoms with Crippen LogP contribution in [0.25, 0.3) is 0 Å². The number of nitrogens with zero attached hydrogens (tertiary/aromatic N) is 1. The summed E-state index contributed by atoms with van der Waals surface area (Å²) in [6, 6.07) is 8.90. The fraction of sp³-hybridized carbons (Fsp3) is 0.435. The highest BCUT2D eigenvalue weighted by Gasteiger charge is 2.37. The molecule has 1 saturated heterocycles. The third-order valence-electron chi connectivity index (χ3n) is 6.40. The molecule has 2 fully saturated rings. The van der Waals surface area contributed by atoms with Crippen molar-refractivity contribution in [1.29, 1.82) is 0 Å². The number of hydrogen-bond donors (Lipinski definition) is 1. The largest absolute Gasteiger partial charge is 0.478 e. The maximum Gasteiger partial charge on any atom is 0.338 e. The number of carboxylic acids is 1. The molecule has 0 atom stereocenters. The summed E-state index contributed by atoms with van der Waals surface area (Å²) in [6.07, 6.45) is 3.19. The summed E-state index contributed by atoms with van der Waals surface area (Å²) in [5, 5.41) is 9.21. The van der Waals surface area contributed by atoms with Gasteiger partial charge in [-0.15, -0.1) is 0 Å². The van der Waals surface area contributed by atoms with Crippen molar-refractivity contribution in [2.75, 3.05) is 19.8 Å². The molecule has 3 nitrogen and oxygen atoms in total. The number of likely N-dealkylation sites (tertiary alicyclic amines) is 1. The Morgan fingerprint density at radius 3 is 2.31 bits per heavy atom. The van der Waals surface area contributed by atoms with Crippen LogP contribution in [0.4, 0.5) is 13.2 Å². The van der Waals surface area contributed by atoms with Gasteiger partial charge in [-0.2, -0.15) is 0 Å². The molecular weight excluding hydrogens is 379 g/mol. The van der Waals surface area contributed by atoms with Crippen molar-refractivity contribution in [2.45, 2.75) is 43.6 Å². The van der Waals surface area contributed by atoms with Gasteiger partial charge in [-0.3, -0.25) is 9.29 Å². The van der Waals surface area contributed by atoms with E-state index >= 15 is 0 Å². The molecule has 0 aromatic heterocycles. The van der Waals surface area contributed by atoms with Crippen LogP contribution < -0.4 is 0 Å². The van der Waals surface area contributed by atoms with Crippen LogP contribution in [0.5, 0.6) is 0 Å². The highest BCUT2D eigenvalue weighted by molar-refractivity contribution is 5.88. The highest BCUT2D eigenvalue weighted by atomic mass is 19.1. The third-order valence-corrected chi connectivity index (χ3v) is 6.40. The molecule has 2 aromatic carbocycles. The highest BCUT2D eigenvalue weighted by Crippen LogP contribution is 2.43. The van der Waals surface area contributed by atoms with E-state index in [-0.39, 0.29) is 11.4 Å². The number of hydrogen-bond acceptors (Lipinski definition) is 2. The van der Waals surface area contributed by atoms with Crippen molar-refractivity contribution in [3.05, 3.63) is 70.3 Å². The lowest BCUT2D eigenvalue weighted by Gasteiger charge is -2.40. The van der Waals surface area contributed by atoms with E-state index in [1.807, 2.05) is 0 Å². The molecule has 0 radical (unpaired) electrons. The minimum absolute atomic E-state index is 0.276. The monoisotopic (exact) mass is 403 g/mol. The Hall–Kier alpha value is -2.34.